The van der Waals surface area contributed by atoms with Gasteiger partial charge in [-0.15, -0.1) is 5.10 Å². The molecular weight excluding hydrogens is 188 g/mol. The molecule has 0 saturated heterocycles. The van der Waals surface area contributed by atoms with Crippen LogP contribution in [0.25, 0.3) is 11.0 Å². The maximum Gasteiger partial charge on any atom is 0.179 e. The summed E-state index contributed by atoms with van der Waals surface area (Å²) >= 11 is 5.81. The largest absolute Gasteiger partial charge is 0.341 e. The Balaban J connectivity index is 2.55. The average Bonchev–Trinajstić information content (AvgIpc) is 2.49. The molecule has 0 atom stereocenters. The summed E-state index contributed by atoms with van der Waals surface area (Å²) in [5.74, 6) is 0.939. The van der Waals surface area contributed by atoms with Gasteiger partial charge in [0.1, 0.15) is 11.3 Å². The molecule has 0 spiro atoms. The van der Waals surface area contributed by atoms with Crippen molar-refractivity contribution in [1.82, 2.24) is 20.2 Å². The number of H-pyrrole nitrogens is 1. The number of hydrogen-bond donors (Lipinski definition) is 1. The summed E-state index contributed by atoms with van der Waals surface area (Å²) < 4.78 is 0. The van der Waals surface area contributed by atoms with Crippen LogP contribution in [0.5, 0.6) is 0 Å². The van der Waals surface area contributed by atoms with E-state index in [2.05, 4.69) is 27.1 Å². The van der Waals surface area contributed by atoms with Crippen molar-refractivity contribution in [3.63, 3.8) is 0 Å². The fourth-order valence-electron chi connectivity index (χ4n) is 1.23. The van der Waals surface area contributed by atoms with Gasteiger partial charge >= 0.3 is 0 Å². The van der Waals surface area contributed by atoms with E-state index in [-0.39, 0.29) is 0 Å². The molecule has 0 aliphatic rings. The molecule has 2 heterocycles. The number of aromatic nitrogens is 4. The van der Waals surface area contributed by atoms with Crippen molar-refractivity contribution >= 4 is 22.6 Å². The highest BCUT2D eigenvalue weighted by Gasteiger charge is 2.06. The van der Waals surface area contributed by atoms with Gasteiger partial charge in [0.15, 0.2) is 5.15 Å². The third-order valence-electron chi connectivity index (χ3n) is 1.80. The van der Waals surface area contributed by atoms with E-state index in [0.29, 0.717) is 10.7 Å². The highest BCUT2D eigenvalue weighted by Crippen LogP contribution is 2.17. The van der Waals surface area contributed by atoms with Crippen LogP contribution >= 0.6 is 11.6 Å². The van der Waals surface area contributed by atoms with E-state index in [9.17, 15) is 0 Å². The minimum absolute atomic E-state index is 0.358. The molecule has 0 saturated carbocycles. The number of rotatable bonds is 2. The Morgan fingerprint density at radius 2 is 2.38 bits per heavy atom. The fraction of sp³-hybridized carbons (Fsp3) is 0.375. The molecule has 0 aliphatic heterocycles. The van der Waals surface area contributed by atoms with Crippen molar-refractivity contribution in [2.45, 2.75) is 19.8 Å². The number of hydrogen-bond acceptors (Lipinski definition) is 3. The summed E-state index contributed by atoms with van der Waals surface area (Å²) in [6.07, 6.45) is 3.61. The Hall–Kier alpha value is -1.16. The van der Waals surface area contributed by atoms with Gasteiger partial charge < -0.3 is 4.98 Å². The van der Waals surface area contributed by atoms with Crippen molar-refractivity contribution in [2.75, 3.05) is 0 Å². The fourth-order valence-corrected chi connectivity index (χ4v) is 1.42. The molecule has 2 aromatic heterocycles. The first-order valence-electron chi connectivity index (χ1n) is 4.17. The van der Waals surface area contributed by atoms with Crippen molar-refractivity contribution < 1.29 is 0 Å². The van der Waals surface area contributed by atoms with Gasteiger partial charge in [-0.3, -0.25) is 0 Å². The second kappa shape index (κ2) is 3.30. The Kier molecular flexibility index (Phi) is 2.14. The van der Waals surface area contributed by atoms with Gasteiger partial charge in [0, 0.05) is 6.42 Å². The molecule has 0 radical (unpaired) electrons. The summed E-state index contributed by atoms with van der Waals surface area (Å²) in [6.45, 7) is 2.10. The molecule has 0 aromatic carbocycles. The lowest BCUT2D eigenvalue weighted by molar-refractivity contribution is 0.861. The summed E-state index contributed by atoms with van der Waals surface area (Å²) in [5, 5.41) is 7.80. The maximum atomic E-state index is 5.81. The molecule has 68 valence electrons. The number of aromatic amines is 1. The first kappa shape index (κ1) is 8.44. The third-order valence-corrected chi connectivity index (χ3v) is 2.05. The summed E-state index contributed by atoms with van der Waals surface area (Å²) in [5.41, 5.74) is 1.56. The van der Waals surface area contributed by atoms with Crippen LogP contribution in [0.4, 0.5) is 0 Å². The molecule has 0 aliphatic carbocycles. The topological polar surface area (TPSA) is 54.5 Å². The minimum Gasteiger partial charge on any atom is -0.341 e. The SMILES string of the molecule is CCCc1nc2c(Cl)nncc2[nH]1. The predicted molar refractivity (Wildman–Crippen MR) is 50.7 cm³/mol. The van der Waals surface area contributed by atoms with E-state index in [4.69, 9.17) is 11.6 Å². The zero-order valence-corrected chi connectivity index (χ0v) is 7.97. The Bertz CT molecular complexity index is 423. The standard InChI is InChI=1S/C8H9ClN4/c1-2-3-6-11-5-4-10-13-8(9)7(5)12-6/h4H,2-3H2,1H3,(H,11,12). The molecule has 1 N–H and O–H groups in total. The third kappa shape index (κ3) is 1.49. The molecule has 0 unspecified atom stereocenters. The van der Waals surface area contributed by atoms with Crippen LogP contribution in [0, 0.1) is 0 Å². The van der Waals surface area contributed by atoms with Crippen LogP contribution in [-0.4, -0.2) is 20.2 Å². The van der Waals surface area contributed by atoms with Crippen molar-refractivity contribution in [3.8, 4) is 0 Å². The number of nitrogens with one attached hydrogen (secondary N) is 1. The quantitative estimate of drug-likeness (QED) is 0.799. The zero-order valence-electron chi connectivity index (χ0n) is 7.21. The van der Waals surface area contributed by atoms with Gasteiger partial charge in [-0.2, -0.15) is 5.10 Å². The monoisotopic (exact) mass is 196 g/mol. The van der Waals surface area contributed by atoms with Crippen LogP contribution < -0.4 is 0 Å². The van der Waals surface area contributed by atoms with Crippen molar-refractivity contribution in [3.05, 3.63) is 17.2 Å². The molecule has 2 aromatic rings. The molecule has 0 bridgehead atoms. The van der Waals surface area contributed by atoms with Crippen molar-refractivity contribution in [2.24, 2.45) is 0 Å². The smallest absolute Gasteiger partial charge is 0.179 e. The van der Waals surface area contributed by atoms with Crippen LogP contribution in [-0.2, 0) is 6.42 Å². The van der Waals surface area contributed by atoms with E-state index >= 15 is 0 Å². The minimum atomic E-state index is 0.358. The molecule has 4 nitrogen and oxygen atoms in total. The predicted octanol–water partition coefficient (Wildman–Crippen LogP) is 1.96. The van der Waals surface area contributed by atoms with Crippen LogP contribution in [0.2, 0.25) is 5.15 Å². The first-order valence-corrected chi connectivity index (χ1v) is 4.55. The highest BCUT2D eigenvalue weighted by molar-refractivity contribution is 6.33. The van der Waals surface area contributed by atoms with E-state index in [1.807, 2.05) is 0 Å². The maximum absolute atomic E-state index is 5.81. The molecule has 2 rings (SSSR count). The summed E-state index contributed by atoms with van der Waals surface area (Å²) in [4.78, 5) is 7.45. The van der Waals surface area contributed by atoms with E-state index in [0.717, 1.165) is 24.2 Å². The molecule has 0 fully saturated rings. The number of fused-ring (bicyclic) bond motifs is 1. The molecule has 0 amide bonds. The van der Waals surface area contributed by atoms with Crippen LogP contribution in [0.15, 0.2) is 6.20 Å². The van der Waals surface area contributed by atoms with Gasteiger partial charge in [-0.05, 0) is 6.42 Å². The Morgan fingerprint density at radius 3 is 3.08 bits per heavy atom. The van der Waals surface area contributed by atoms with Gasteiger partial charge in [0.2, 0.25) is 0 Å². The lowest BCUT2D eigenvalue weighted by Crippen LogP contribution is -1.84. The lowest BCUT2D eigenvalue weighted by Gasteiger charge is -1.86. The second-order valence-corrected chi connectivity index (χ2v) is 3.19. The van der Waals surface area contributed by atoms with Crippen LogP contribution in [0.3, 0.4) is 0 Å². The first-order chi connectivity index (χ1) is 6.31. The van der Waals surface area contributed by atoms with Gasteiger partial charge in [0.25, 0.3) is 0 Å². The van der Waals surface area contributed by atoms with E-state index in [1.54, 1.807) is 6.20 Å². The number of imidazole rings is 1. The number of halogens is 1. The normalized spacial score (nSPS) is 10.9. The highest BCUT2D eigenvalue weighted by atomic mass is 35.5. The van der Waals surface area contributed by atoms with E-state index in [1.165, 1.54) is 0 Å². The zero-order chi connectivity index (χ0) is 9.26. The molecule has 5 heteroatoms. The van der Waals surface area contributed by atoms with Crippen LogP contribution in [0.1, 0.15) is 19.2 Å². The van der Waals surface area contributed by atoms with E-state index < -0.39 is 0 Å². The number of nitrogens with zero attached hydrogens (tertiary/aromatic N) is 3. The molecule has 13 heavy (non-hydrogen) atoms. The number of aryl methyl sites for hydroxylation is 1. The average molecular weight is 197 g/mol. The van der Waals surface area contributed by atoms with Gasteiger partial charge in [-0.25, -0.2) is 4.98 Å². The van der Waals surface area contributed by atoms with Gasteiger partial charge in [-0.1, -0.05) is 18.5 Å². The Labute approximate surface area is 80.3 Å². The summed E-state index contributed by atoms with van der Waals surface area (Å²) in [6, 6.07) is 0. The second-order valence-electron chi connectivity index (χ2n) is 2.83. The lowest BCUT2D eigenvalue weighted by atomic mass is 10.3. The Morgan fingerprint density at radius 1 is 1.54 bits per heavy atom. The molecular formula is C8H9ClN4. The van der Waals surface area contributed by atoms with Crippen molar-refractivity contribution in [1.29, 1.82) is 0 Å². The van der Waals surface area contributed by atoms with Gasteiger partial charge in [0.05, 0.1) is 11.7 Å². The summed E-state index contributed by atoms with van der Waals surface area (Å²) in [7, 11) is 0.